The minimum Gasteiger partial charge on any atom is -0.376 e. The Balaban J connectivity index is 1.57. The SMILES string of the molecule is O=C(NCC1CCCO1)c1nnn(-c2ccc(Cl)cc2)c1CSc1ncccn1. The molecule has 1 atom stereocenters. The van der Waals surface area contributed by atoms with E-state index >= 15 is 0 Å². The second-order valence-electron chi connectivity index (χ2n) is 6.44. The Kier molecular flexibility index (Phi) is 6.38. The van der Waals surface area contributed by atoms with E-state index in [4.69, 9.17) is 16.3 Å². The van der Waals surface area contributed by atoms with Crippen LogP contribution in [0.15, 0.2) is 47.9 Å². The molecule has 1 unspecified atom stereocenters. The molecule has 1 N–H and O–H groups in total. The van der Waals surface area contributed by atoms with Crippen molar-refractivity contribution in [2.24, 2.45) is 0 Å². The zero-order valence-corrected chi connectivity index (χ0v) is 17.1. The average molecular weight is 431 g/mol. The van der Waals surface area contributed by atoms with Crippen molar-refractivity contribution in [2.45, 2.75) is 29.9 Å². The molecule has 1 aromatic carbocycles. The van der Waals surface area contributed by atoms with Crippen LogP contribution in [0, 0.1) is 0 Å². The molecule has 0 aliphatic carbocycles. The first-order chi connectivity index (χ1) is 14.2. The van der Waals surface area contributed by atoms with Crippen molar-refractivity contribution in [3.05, 3.63) is 59.1 Å². The Bertz CT molecular complexity index is 961. The van der Waals surface area contributed by atoms with Crippen LogP contribution in [-0.4, -0.2) is 50.1 Å². The molecule has 3 aromatic rings. The van der Waals surface area contributed by atoms with Gasteiger partial charge in [0.1, 0.15) is 0 Å². The predicted octanol–water partition coefficient (Wildman–Crippen LogP) is 2.91. The van der Waals surface area contributed by atoms with Crippen molar-refractivity contribution in [3.8, 4) is 5.69 Å². The van der Waals surface area contributed by atoms with Gasteiger partial charge in [-0.1, -0.05) is 28.6 Å². The van der Waals surface area contributed by atoms with Crippen molar-refractivity contribution < 1.29 is 9.53 Å². The third kappa shape index (κ3) is 4.92. The van der Waals surface area contributed by atoms with Gasteiger partial charge in [0.05, 0.1) is 17.5 Å². The van der Waals surface area contributed by atoms with Crippen LogP contribution in [0.3, 0.4) is 0 Å². The van der Waals surface area contributed by atoms with Crippen molar-refractivity contribution in [1.82, 2.24) is 30.3 Å². The molecule has 10 heteroatoms. The van der Waals surface area contributed by atoms with Crippen LogP contribution in [0.2, 0.25) is 5.02 Å². The third-order valence-electron chi connectivity index (χ3n) is 4.44. The summed E-state index contributed by atoms with van der Waals surface area (Å²) in [6, 6.07) is 8.96. The minimum absolute atomic E-state index is 0.0563. The molecule has 2 aromatic heterocycles. The fraction of sp³-hybridized carbons (Fsp3) is 0.316. The molecule has 4 rings (SSSR count). The number of nitrogens with zero attached hydrogens (tertiary/aromatic N) is 5. The van der Waals surface area contributed by atoms with Crippen LogP contribution in [0.25, 0.3) is 5.69 Å². The molecule has 1 aliphatic heterocycles. The van der Waals surface area contributed by atoms with Crippen molar-refractivity contribution >= 4 is 29.3 Å². The van der Waals surface area contributed by atoms with Gasteiger partial charge in [0, 0.05) is 36.3 Å². The number of rotatable bonds is 7. The first kappa shape index (κ1) is 19.8. The zero-order chi connectivity index (χ0) is 20.1. The number of aromatic nitrogens is 5. The van der Waals surface area contributed by atoms with E-state index in [2.05, 4.69) is 25.6 Å². The molecular weight excluding hydrogens is 412 g/mol. The topological polar surface area (TPSA) is 94.8 Å². The summed E-state index contributed by atoms with van der Waals surface area (Å²) < 4.78 is 7.22. The van der Waals surface area contributed by atoms with Crippen molar-refractivity contribution in [1.29, 1.82) is 0 Å². The monoisotopic (exact) mass is 430 g/mol. The highest BCUT2D eigenvalue weighted by atomic mass is 35.5. The summed E-state index contributed by atoms with van der Waals surface area (Å²) in [6.07, 6.45) is 5.39. The van der Waals surface area contributed by atoms with Gasteiger partial charge < -0.3 is 10.1 Å². The van der Waals surface area contributed by atoms with Gasteiger partial charge in [0.15, 0.2) is 10.9 Å². The molecular formula is C19H19ClN6O2S. The maximum atomic E-state index is 12.8. The van der Waals surface area contributed by atoms with E-state index in [1.54, 1.807) is 35.3 Å². The quantitative estimate of drug-likeness (QED) is 0.454. The summed E-state index contributed by atoms with van der Waals surface area (Å²) in [6.45, 7) is 1.20. The highest BCUT2D eigenvalue weighted by Crippen LogP contribution is 2.23. The van der Waals surface area contributed by atoms with Crippen LogP contribution in [0.4, 0.5) is 0 Å². The molecule has 0 saturated carbocycles. The lowest BCUT2D eigenvalue weighted by Crippen LogP contribution is -2.32. The van der Waals surface area contributed by atoms with Gasteiger partial charge >= 0.3 is 0 Å². The Morgan fingerprint density at radius 3 is 2.79 bits per heavy atom. The van der Waals surface area contributed by atoms with Crippen LogP contribution in [-0.2, 0) is 10.5 Å². The molecule has 1 amide bonds. The lowest BCUT2D eigenvalue weighted by atomic mass is 10.2. The first-order valence-electron chi connectivity index (χ1n) is 9.21. The van der Waals surface area contributed by atoms with E-state index in [9.17, 15) is 4.79 Å². The lowest BCUT2D eigenvalue weighted by Gasteiger charge is -2.11. The number of benzene rings is 1. The first-order valence-corrected chi connectivity index (χ1v) is 10.6. The lowest BCUT2D eigenvalue weighted by molar-refractivity contribution is 0.0853. The fourth-order valence-electron chi connectivity index (χ4n) is 2.99. The number of halogens is 1. The molecule has 0 radical (unpaired) electrons. The Morgan fingerprint density at radius 1 is 1.28 bits per heavy atom. The maximum Gasteiger partial charge on any atom is 0.273 e. The zero-order valence-electron chi connectivity index (χ0n) is 15.5. The van der Waals surface area contributed by atoms with Crippen LogP contribution < -0.4 is 5.32 Å². The average Bonchev–Trinajstić information content (AvgIpc) is 3.42. The Labute approximate surface area is 177 Å². The summed E-state index contributed by atoms with van der Waals surface area (Å²) in [5.41, 5.74) is 1.71. The molecule has 3 heterocycles. The normalized spacial score (nSPS) is 16.1. The van der Waals surface area contributed by atoms with E-state index < -0.39 is 0 Å². The number of amides is 1. The molecule has 8 nitrogen and oxygen atoms in total. The summed E-state index contributed by atoms with van der Waals surface area (Å²) >= 11 is 7.41. The van der Waals surface area contributed by atoms with Gasteiger partial charge in [-0.2, -0.15) is 0 Å². The molecule has 1 fully saturated rings. The summed E-state index contributed by atoms with van der Waals surface area (Å²) in [5, 5.41) is 12.5. The van der Waals surface area contributed by atoms with E-state index in [1.807, 2.05) is 12.1 Å². The number of carbonyl (C=O) groups excluding carboxylic acids is 1. The van der Waals surface area contributed by atoms with Crippen molar-refractivity contribution in [2.75, 3.05) is 13.2 Å². The van der Waals surface area contributed by atoms with E-state index in [0.29, 0.717) is 28.2 Å². The summed E-state index contributed by atoms with van der Waals surface area (Å²) in [5.74, 6) is 0.160. The number of nitrogens with one attached hydrogen (secondary N) is 1. The van der Waals surface area contributed by atoms with E-state index in [-0.39, 0.29) is 17.7 Å². The number of carbonyl (C=O) groups is 1. The van der Waals surface area contributed by atoms with Crippen LogP contribution >= 0.6 is 23.4 Å². The van der Waals surface area contributed by atoms with E-state index in [1.165, 1.54) is 11.8 Å². The second-order valence-corrected chi connectivity index (χ2v) is 7.82. The highest BCUT2D eigenvalue weighted by molar-refractivity contribution is 7.98. The van der Waals surface area contributed by atoms with Gasteiger partial charge in [-0.25, -0.2) is 14.6 Å². The number of hydrogen-bond donors (Lipinski definition) is 1. The predicted molar refractivity (Wildman–Crippen MR) is 109 cm³/mol. The summed E-state index contributed by atoms with van der Waals surface area (Å²) in [7, 11) is 0. The van der Waals surface area contributed by atoms with Gasteiger partial charge in [0.25, 0.3) is 5.91 Å². The van der Waals surface area contributed by atoms with Crippen LogP contribution in [0.5, 0.6) is 0 Å². The van der Waals surface area contributed by atoms with Crippen molar-refractivity contribution in [3.63, 3.8) is 0 Å². The molecule has 29 heavy (non-hydrogen) atoms. The van der Waals surface area contributed by atoms with Gasteiger partial charge in [0.2, 0.25) is 0 Å². The standard InChI is InChI=1S/C19H19ClN6O2S/c20-13-4-6-14(7-5-13)26-16(12-29-19-21-8-2-9-22-19)17(24-25-26)18(27)23-11-15-3-1-10-28-15/h2,4-9,15H,1,3,10-12H2,(H,23,27). The number of ether oxygens (including phenoxy) is 1. The smallest absolute Gasteiger partial charge is 0.273 e. The minimum atomic E-state index is -0.273. The highest BCUT2D eigenvalue weighted by Gasteiger charge is 2.23. The molecule has 1 saturated heterocycles. The second kappa shape index (κ2) is 9.34. The number of hydrogen-bond acceptors (Lipinski definition) is 7. The van der Waals surface area contributed by atoms with Gasteiger partial charge in [-0.15, -0.1) is 5.10 Å². The third-order valence-corrected chi connectivity index (χ3v) is 5.58. The molecule has 0 bridgehead atoms. The van der Waals surface area contributed by atoms with Gasteiger partial charge in [-0.05, 0) is 43.2 Å². The molecule has 150 valence electrons. The Hall–Kier alpha value is -2.49. The largest absolute Gasteiger partial charge is 0.376 e. The Morgan fingerprint density at radius 2 is 2.07 bits per heavy atom. The fourth-order valence-corrected chi connectivity index (χ4v) is 3.91. The maximum absolute atomic E-state index is 12.8. The molecule has 0 spiro atoms. The van der Waals surface area contributed by atoms with Gasteiger partial charge in [-0.3, -0.25) is 4.79 Å². The summed E-state index contributed by atoms with van der Waals surface area (Å²) in [4.78, 5) is 21.2. The van der Waals surface area contributed by atoms with E-state index in [0.717, 1.165) is 25.1 Å². The molecule has 1 aliphatic rings. The number of thioether (sulfide) groups is 1. The van der Waals surface area contributed by atoms with Crippen LogP contribution in [0.1, 0.15) is 29.0 Å².